The van der Waals surface area contributed by atoms with Gasteiger partial charge < -0.3 is 5.11 Å². The molecule has 0 spiro atoms. The van der Waals surface area contributed by atoms with Gasteiger partial charge in [-0.1, -0.05) is 26.4 Å². The molecule has 0 saturated carbocycles. The highest BCUT2D eigenvalue weighted by Crippen LogP contribution is 2.12. The Morgan fingerprint density at radius 2 is 2.10 bits per heavy atom. The van der Waals surface area contributed by atoms with Crippen LogP contribution in [0.1, 0.15) is 58.4 Å². The molecule has 0 saturated heterocycles. The molecule has 0 amide bonds. The fraction of sp³-hybridized carbons (Fsp3) is 0.875. The first kappa shape index (κ1) is 1.35. The van der Waals surface area contributed by atoms with Gasteiger partial charge in [-0.15, -0.1) is 0 Å². The van der Waals surface area contributed by atoms with E-state index in [2.05, 4.69) is 0 Å². The van der Waals surface area contributed by atoms with Crippen LogP contribution in [0.15, 0.2) is 0 Å². The van der Waals surface area contributed by atoms with Crippen molar-refractivity contribution in [1.29, 1.82) is 0 Å². The van der Waals surface area contributed by atoms with Crippen molar-refractivity contribution in [3.63, 3.8) is 0 Å². The Bertz CT molecular complexity index is 448. The number of carboxylic acids is 1. The van der Waals surface area contributed by atoms with Crippen LogP contribution in [0.25, 0.3) is 0 Å². The summed E-state index contributed by atoms with van der Waals surface area (Å²) >= 11 is 0. The molecular weight excluding hydrogens is 128 g/mol. The van der Waals surface area contributed by atoms with Crippen LogP contribution in [0.4, 0.5) is 0 Å². The lowest BCUT2D eigenvalue weighted by molar-refractivity contribution is -0.142. The second-order valence-electron chi connectivity index (χ2n) is 1.31. The largest absolute Gasteiger partial charge is 0.481 e. The van der Waals surface area contributed by atoms with E-state index in [0.717, 1.165) is 0 Å². The first-order valence-electron chi connectivity index (χ1n) is 9.29. The standard InChI is InChI=1S/C8H16O2/c1-3-5-7(6-4-2)8(9)10/h7H,3-6H2,1-2H3,(H,9,10)/i1D3,2D3,3D2,4D2,5D2,6D2. The van der Waals surface area contributed by atoms with E-state index in [9.17, 15) is 4.79 Å². The van der Waals surface area contributed by atoms with E-state index in [4.69, 9.17) is 24.3 Å². The molecule has 60 valence electrons. The highest BCUT2D eigenvalue weighted by Gasteiger charge is 2.13. The third kappa shape index (κ3) is 3.49. The number of carboxylic acid groups (broad SMARTS) is 1. The molecule has 0 heterocycles. The maximum atomic E-state index is 11.4. The Kier molecular flexibility index (Phi) is 0.709. The SMILES string of the molecule is [2H]C([2H])([2H])C([2H])([2H])C([2H])([2H])C(C(=O)O)C([2H])([2H])C([2H])([2H])C([2H])([2H])[2H]. The minimum absolute atomic E-state index is 2.41. The van der Waals surface area contributed by atoms with Crippen molar-refractivity contribution in [1.82, 2.24) is 0 Å². The van der Waals surface area contributed by atoms with Crippen molar-refractivity contribution < 1.29 is 29.1 Å². The summed E-state index contributed by atoms with van der Waals surface area (Å²) in [7, 11) is 0. The number of rotatable bonds is 5. The van der Waals surface area contributed by atoms with Gasteiger partial charge in [-0.3, -0.25) is 4.79 Å². The summed E-state index contributed by atoms with van der Waals surface area (Å²) in [6.45, 7) is -7.43. The Balaban J connectivity index is 6.51. The molecule has 0 fully saturated rings. The lowest BCUT2D eigenvalue weighted by atomic mass is 9.99. The number of carbonyl (C=O) groups is 1. The number of aliphatic carboxylic acids is 1. The average Bonchev–Trinajstić information content (AvgIpc) is 2.23. The number of hydrogen-bond donors (Lipinski definition) is 1. The van der Waals surface area contributed by atoms with E-state index in [1.54, 1.807) is 0 Å². The monoisotopic (exact) mass is 158 g/mol. The lowest BCUT2D eigenvalue weighted by Gasteiger charge is -2.07. The van der Waals surface area contributed by atoms with Gasteiger partial charge in [0.15, 0.2) is 0 Å². The molecule has 0 aromatic carbocycles. The first-order chi connectivity index (χ1) is 10.1. The van der Waals surface area contributed by atoms with Gasteiger partial charge in [-0.05, 0) is 12.7 Å². The van der Waals surface area contributed by atoms with Gasteiger partial charge in [-0.25, -0.2) is 0 Å². The van der Waals surface area contributed by atoms with Gasteiger partial charge in [0.05, 0.1) is 5.92 Å². The average molecular weight is 158 g/mol. The van der Waals surface area contributed by atoms with Crippen molar-refractivity contribution in [3.8, 4) is 0 Å². The zero-order valence-electron chi connectivity index (χ0n) is 18.9. The lowest BCUT2D eigenvalue weighted by Crippen LogP contribution is -2.12. The highest BCUT2D eigenvalue weighted by atomic mass is 16.4. The molecular formula is C8H16O2. The van der Waals surface area contributed by atoms with E-state index >= 15 is 0 Å². The zero-order chi connectivity index (χ0) is 20.2. The number of hydrogen-bond acceptors (Lipinski definition) is 1. The van der Waals surface area contributed by atoms with Crippen LogP contribution in [0.5, 0.6) is 0 Å². The summed E-state index contributed by atoms with van der Waals surface area (Å²) < 4.78 is 102. The van der Waals surface area contributed by atoms with Gasteiger partial charge in [-0.2, -0.15) is 0 Å². The normalized spacial score (nSPS) is 39.3. The molecule has 2 heteroatoms. The van der Waals surface area contributed by atoms with Crippen molar-refractivity contribution in [2.24, 2.45) is 5.92 Å². The molecule has 0 aromatic heterocycles. The second kappa shape index (κ2) is 5.27. The Hall–Kier alpha value is -0.530. The maximum absolute atomic E-state index is 11.4. The molecule has 0 atom stereocenters. The fourth-order valence-electron chi connectivity index (χ4n) is 0.304. The van der Waals surface area contributed by atoms with E-state index in [-0.39, 0.29) is 0 Å². The van der Waals surface area contributed by atoms with Crippen LogP contribution in [0.2, 0.25) is 0 Å². The first-order valence-corrected chi connectivity index (χ1v) is 2.29. The summed E-state index contributed by atoms with van der Waals surface area (Å²) in [6, 6.07) is 0. The summed E-state index contributed by atoms with van der Waals surface area (Å²) in [5.41, 5.74) is 0. The Morgan fingerprint density at radius 1 is 1.60 bits per heavy atom. The minimum atomic E-state index is -3.97. The zero-order valence-corrected chi connectivity index (χ0v) is 4.93. The second-order valence-corrected chi connectivity index (χ2v) is 1.31. The molecule has 0 aliphatic heterocycles. The van der Waals surface area contributed by atoms with Crippen LogP contribution in [0, 0.1) is 5.92 Å². The van der Waals surface area contributed by atoms with Gasteiger partial charge in [0.2, 0.25) is 0 Å². The molecule has 0 rings (SSSR count). The third-order valence-corrected chi connectivity index (χ3v) is 0.680. The van der Waals surface area contributed by atoms with Crippen LogP contribution in [-0.4, -0.2) is 11.1 Å². The highest BCUT2D eigenvalue weighted by molar-refractivity contribution is 5.69. The maximum Gasteiger partial charge on any atom is 0.306 e. The quantitative estimate of drug-likeness (QED) is 0.666. The predicted octanol–water partition coefficient (Wildman–Crippen LogP) is 2.29. The van der Waals surface area contributed by atoms with E-state index < -0.39 is 51.1 Å². The molecule has 10 heavy (non-hydrogen) atoms. The smallest absolute Gasteiger partial charge is 0.306 e. The van der Waals surface area contributed by atoms with Crippen LogP contribution in [-0.2, 0) is 4.79 Å². The topological polar surface area (TPSA) is 37.3 Å². The molecule has 0 aliphatic rings. The van der Waals surface area contributed by atoms with E-state index in [1.807, 2.05) is 0 Å². The summed E-state index contributed by atoms with van der Waals surface area (Å²) in [5.74, 6) is -5.66. The van der Waals surface area contributed by atoms with E-state index in [1.165, 1.54) is 0 Å². The van der Waals surface area contributed by atoms with Gasteiger partial charge in [0, 0.05) is 19.2 Å². The molecule has 0 radical (unpaired) electrons. The van der Waals surface area contributed by atoms with Crippen molar-refractivity contribution >= 4 is 5.97 Å². The van der Waals surface area contributed by atoms with E-state index in [0.29, 0.717) is 0 Å². The Morgan fingerprint density at radius 3 is 2.40 bits per heavy atom. The van der Waals surface area contributed by atoms with Crippen molar-refractivity contribution in [3.05, 3.63) is 0 Å². The van der Waals surface area contributed by atoms with Crippen LogP contribution in [0.3, 0.4) is 0 Å². The fourth-order valence-corrected chi connectivity index (χ4v) is 0.304. The van der Waals surface area contributed by atoms with Crippen LogP contribution >= 0.6 is 0 Å². The van der Waals surface area contributed by atoms with Crippen molar-refractivity contribution in [2.75, 3.05) is 0 Å². The summed E-state index contributed by atoms with van der Waals surface area (Å²) in [5, 5.41) is 9.12. The molecule has 0 unspecified atom stereocenters. The molecule has 1 N–H and O–H groups in total. The third-order valence-electron chi connectivity index (χ3n) is 0.680. The predicted molar refractivity (Wildman–Crippen MR) is 40.9 cm³/mol. The van der Waals surface area contributed by atoms with Crippen LogP contribution < -0.4 is 0 Å². The summed E-state index contributed by atoms with van der Waals surface area (Å²) in [6.07, 6.45) is -15.7. The molecule has 0 aromatic rings. The Labute approximate surface area is 81.9 Å². The van der Waals surface area contributed by atoms with Gasteiger partial charge in [0.1, 0.15) is 0 Å². The van der Waals surface area contributed by atoms with Gasteiger partial charge >= 0.3 is 5.97 Å². The van der Waals surface area contributed by atoms with Crippen molar-refractivity contribution in [2.45, 2.75) is 39.2 Å². The minimum Gasteiger partial charge on any atom is -0.481 e. The molecule has 0 aliphatic carbocycles. The molecule has 0 bridgehead atoms. The molecule has 2 nitrogen and oxygen atoms in total. The van der Waals surface area contributed by atoms with Gasteiger partial charge in [0.25, 0.3) is 0 Å². The summed E-state index contributed by atoms with van der Waals surface area (Å²) in [4.78, 5) is 11.4.